The molecule has 0 aromatic heterocycles. The van der Waals surface area contributed by atoms with E-state index >= 15 is 0 Å². The molecule has 1 unspecified atom stereocenters. The van der Waals surface area contributed by atoms with Crippen LogP contribution in [0.4, 0.5) is 0 Å². The maximum atomic E-state index is 13.9. The van der Waals surface area contributed by atoms with E-state index in [1.165, 1.54) is 4.90 Å². The second-order valence-corrected chi connectivity index (χ2v) is 11.7. The van der Waals surface area contributed by atoms with E-state index in [0.717, 1.165) is 29.8 Å². The van der Waals surface area contributed by atoms with Crippen molar-refractivity contribution in [2.45, 2.75) is 66.8 Å². The molecule has 1 fully saturated rings. The smallest absolute Gasteiger partial charge is 0.295 e. The highest BCUT2D eigenvalue weighted by Crippen LogP contribution is 2.39. The van der Waals surface area contributed by atoms with Gasteiger partial charge in [-0.2, -0.15) is 0 Å². The lowest BCUT2D eigenvalue weighted by atomic mass is 9.85. The van der Waals surface area contributed by atoms with Crippen LogP contribution in [0.1, 0.15) is 76.8 Å². The molecular weight excluding hydrogens is 476 g/mol. The predicted octanol–water partition coefficient (Wildman–Crippen LogP) is 3.48. The lowest BCUT2D eigenvalue weighted by Crippen LogP contribution is -3.12. The zero-order valence-corrected chi connectivity index (χ0v) is 24.3. The van der Waals surface area contributed by atoms with Crippen molar-refractivity contribution in [3.63, 3.8) is 0 Å². The number of likely N-dealkylation sites (N-methyl/N-ethyl adjacent to an activating group) is 1. The third-order valence-corrected chi connectivity index (χ3v) is 7.35. The monoisotopic (exact) mass is 520 g/mol. The Hall–Kier alpha value is -3.12. The number of amides is 1. The largest absolute Gasteiger partial charge is 0.872 e. The van der Waals surface area contributed by atoms with Gasteiger partial charge in [0, 0.05) is 5.57 Å². The standard InChI is InChI=1S/C32H44N2O4/c1-9-33(10-2)17-18-34-28(23-11-13-24(14-12-23)32(6,7)8)27(30(36)31(34)37)29(35)26-16-15-25(19-22(26)5)38-20-21(3)4/h11-16,19,21,28,35H,9-10,17-18,20H2,1-8H3/b29-27+. The van der Waals surface area contributed by atoms with Crippen molar-refractivity contribution in [2.75, 3.05) is 32.8 Å². The number of hydrogen-bond acceptors (Lipinski definition) is 4. The minimum absolute atomic E-state index is 0.0343. The van der Waals surface area contributed by atoms with Gasteiger partial charge in [-0.1, -0.05) is 70.7 Å². The van der Waals surface area contributed by atoms with Gasteiger partial charge in [-0.05, 0) is 66.5 Å². The second kappa shape index (κ2) is 12.2. The van der Waals surface area contributed by atoms with E-state index < -0.39 is 17.7 Å². The summed E-state index contributed by atoms with van der Waals surface area (Å²) in [6.45, 7) is 20.2. The third-order valence-electron chi connectivity index (χ3n) is 7.35. The molecule has 0 radical (unpaired) electrons. The number of likely N-dealkylation sites (tertiary alicyclic amines) is 1. The number of ether oxygens (including phenoxy) is 1. The number of quaternary nitrogens is 1. The van der Waals surface area contributed by atoms with Gasteiger partial charge < -0.3 is 19.6 Å². The fourth-order valence-electron chi connectivity index (χ4n) is 4.88. The molecule has 1 aliphatic rings. The molecule has 0 saturated carbocycles. The molecule has 1 saturated heterocycles. The van der Waals surface area contributed by atoms with E-state index in [1.807, 2.05) is 37.3 Å². The molecule has 206 valence electrons. The van der Waals surface area contributed by atoms with Gasteiger partial charge in [0.1, 0.15) is 5.75 Å². The lowest BCUT2D eigenvalue weighted by molar-refractivity contribution is -0.895. The van der Waals surface area contributed by atoms with Crippen molar-refractivity contribution < 1.29 is 24.3 Å². The normalized spacial score (nSPS) is 17.6. The summed E-state index contributed by atoms with van der Waals surface area (Å²) in [4.78, 5) is 29.6. The molecule has 1 amide bonds. The second-order valence-electron chi connectivity index (χ2n) is 11.7. The Kier molecular flexibility index (Phi) is 9.42. The summed E-state index contributed by atoms with van der Waals surface area (Å²) in [7, 11) is 0. The van der Waals surface area contributed by atoms with Gasteiger partial charge in [-0.3, -0.25) is 9.59 Å². The summed E-state index contributed by atoms with van der Waals surface area (Å²) < 4.78 is 5.82. The van der Waals surface area contributed by atoms with Gasteiger partial charge in [0.2, 0.25) is 5.78 Å². The Morgan fingerprint density at radius 2 is 1.68 bits per heavy atom. The zero-order chi connectivity index (χ0) is 28.2. The van der Waals surface area contributed by atoms with Crippen LogP contribution in [0.3, 0.4) is 0 Å². The van der Waals surface area contributed by atoms with Crippen LogP contribution < -0.4 is 14.7 Å². The van der Waals surface area contributed by atoms with E-state index in [2.05, 4.69) is 48.5 Å². The van der Waals surface area contributed by atoms with E-state index in [-0.39, 0.29) is 16.7 Å². The van der Waals surface area contributed by atoms with E-state index in [1.54, 1.807) is 17.0 Å². The van der Waals surface area contributed by atoms with Crippen molar-refractivity contribution in [3.8, 4) is 5.75 Å². The summed E-state index contributed by atoms with van der Waals surface area (Å²) >= 11 is 0. The number of nitrogens with one attached hydrogen (secondary N) is 1. The summed E-state index contributed by atoms with van der Waals surface area (Å²) in [6, 6.07) is 12.6. The van der Waals surface area contributed by atoms with Crippen LogP contribution >= 0.6 is 0 Å². The van der Waals surface area contributed by atoms with Crippen LogP contribution in [0.25, 0.3) is 5.76 Å². The highest BCUT2D eigenvalue weighted by molar-refractivity contribution is 6.46. The molecule has 0 spiro atoms. The molecule has 6 nitrogen and oxygen atoms in total. The Labute approximate surface area is 228 Å². The van der Waals surface area contributed by atoms with E-state index in [9.17, 15) is 14.7 Å². The number of ketones is 1. The van der Waals surface area contributed by atoms with Crippen molar-refractivity contribution in [3.05, 3.63) is 70.3 Å². The molecule has 1 aliphatic heterocycles. The van der Waals surface area contributed by atoms with Gasteiger partial charge >= 0.3 is 0 Å². The molecule has 2 aromatic rings. The minimum atomic E-state index is -0.706. The third kappa shape index (κ3) is 6.47. The fraction of sp³-hybridized carbons (Fsp3) is 0.500. The van der Waals surface area contributed by atoms with Crippen LogP contribution in [-0.4, -0.2) is 49.4 Å². The number of aryl methyl sites for hydroxylation is 1. The topological polar surface area (TPSA) is 74.1 Å². The number of benzene rings is 2. The molecule has 2 aromatic carbocycles. The fourth-order valence-corrected chi connectivity index (χ4v) is 4.88. The van der Waals surface area contributed by atoms with Gasteiger partial charge in [0.05, 0.1) is 38.8 Å². The molecule has 6 heteroatoms. The van der Waals surface area contributed by atoms with Gasteiger partial charge in [0.15, 0.2) is 0 Å². The maximum Gasteiger partial charge on any atom is 0.295 e. The predicted molar refractivity (Wildman–Crippen MR) is 150 cm³/mol. The SMILES string of the molecule is CC[NH+](CC)CCN1C(=O)C(=O)/C(=C(/[O-])c2ccc(OCC(C)C)cc2C)C1c1ccc(C(C)(C)C)cc1. The first-order valence-electron chi connectivity index (χ1n) is 13.8. The average molecular weight is 521 g/mol. The quantitative estimate of drug-likeness (QED) is 0.296. The zero-order valence-electron chi connectivity index (χ0n) is 24.3. The van der Waals surface area contributed by atoms with Crippen LogP contribution in [0.5, 0.6) is 5.75 Å². The number of carbonyl (C=O) groups excluding carboxylic acids is 2. The Balaban J connectivity index is 2.09. The van der Waals surface area contributed by atoms with Crippen LogP contribution in [0.2, 0.25) is 0 Å². The summed E-state index contributed by atoms with van der Waals surface area (Å²) in [6.07, 6.45) is 0. The maximum absolute atomic E-state index is 13.9. The molecule has 38 heavy (non-hydrogen) atoms. The Morgan fingerprint density at radius 3 is 2.21 bits per heavy atom. The van der Waals surface area contributed by atoms with Crippen molar-refractivity contribution in [1.82, 2.24) is 4.90 Å². The van der Waals surface area contributed by atoms with Crippen molar-refractivity contribution >= 4 is 17.4 Å². The van der Waals surface area contributed by atoms with Gasteiger partial charge in [-0.15, -0.1) is 0 Å². The molecule has 1 heterocycles. The first-order chi connectivity index (χ1) is 17.9. The van der Waals surface area contributed by atoms with Crippen LogP contribution in [0, 0.1) is 12.8 Å². The first-order valence-corrected chi connectivity index (χ1v) is 13.8. The average Bonchev–Trinajstić information content (AvgIpc) is 3.12. The van der Waals surface area contributed by atoms with Crippen molar-refractivity contribution in [1.29, 1.82) is 0 Å². The van der Waals surface area contributed by atoms with E-state index in [0.29, 0.717) is 36.9 Å². The Bertz CT molecular complexity index is 1170. The number of Topliss-reactive ketones (excluding diaryl/α,β-unsaturated/α-hetero) is 1. The molecule has 0 bridgehead atoms. The minimum Gasteiger partial charge on any atom is -0.872 e. The molecule has 1 atom stereocenters. The van der Waals surface area contributed by atoms with Gasteiger partial charge in [-0.25, -0.2) is 0 Å². The van der Waals surface area contributed by atoms with Crippen molar-refractivity contribution in [2.24, 2.45) is 5.92 Å². The number of nitrogens with zero attached hydrogens (tertiary/aromatic N) is 1. The van der Waals surface area contributed by atoms with Crippen LogP contribution in [-0.2, 0) is 15.0 Å². The molecule has 3 rings (SSSR count). The molecule has 0 aliphatic carbocycles. The summed E-state index contributed by atoms with van der Waals surface area (Å²) in [5.74, 6) is -0.624. The number of rotatable bonds is 10. The Morgan fingerprint density at radius 1 is 1.05 bits per heavy atom. The number of carbonyl (C=O) groups is 2. The molecular formula is C32H44N2O4. The summed E-state index contributed by atoms with van der Waals surface area (Å²) in [5, 5.41) is 13.9. The highest BCUT2D eigenvalue weighted by Gasteiger charge is 2.44. The molecule has 1 N–H and O–H groups in total. The first kappa shape index (κ1) is 29.4. The van der Waals surface area contributed by atoms with Gasteiger partial charge in [0.25, 0.3) is 5.91 Å². The summed E-state index contributed by atoms with van der Waals surface area (Å²) in [5.41, 5.74) is 3.07. The van der Waals surface area contributed by atoms with E-state index in [4.69, 9.17) is 4.74 Å². The highest BCUT2D eigenvalue weighted by atomic mass is 16.5. The lowest BCUT2D eigenvalue weighted by Gasteiger charge is -2.29. The van der Waals surface area contributed by atoms with Crippen LogP contribution in [0.15, 0.2) is 48.0 Å². The number of hydrogen-bond donors (Lipinski definition) is 1.